The van der Waals surface area contributed by atoms with Gasteiger partial charge in [0.05, 0.1) is 24.5 Å². The summed E-state index contributed by atoms with van der Waals surface area (Å²) in [5.41, 5.74) is 4.10. The molecule has 1 fully saturated rings. The van der Waals surface area contributed by atoms with Crippen LogP contribution in [0.1, 0.15) is 42.4 Å². The number of methoxy groups -OCH3 is 1. The quantitative estimate of drug-likeness (QED) is 0.246. The van der Waals surface area contributed by atoms with Gasteiger partial charge in [0.2, 0.25) is 5.91 Å². The lowest BCUT2D eigenvalue weighted by Crippen LogP contribution is -2.29. The summed E-state index contributed by atoms with van der Waals surface area (Å²) in [4.78, 5) is 18.6. The van der Waals surface area contributed by atoms with Crippen LogP contribution in [0.3, 0.4) is 0 Å². The Morgan fingerprint density at radius 1 is 1.18 bits per heavy atom. The summed E-state index contributed by atoms with van der Waals surface area (Å²) in [6.07, 6.45) is 2.13. The molecule has 0 bridgehead atoms. The SMILES string of the molecule is CCC(=O)Nc1ccc(N2C(=S)N[C@H](c3ccccn3)[C@H]2c2ccc(-c3ccc(C)c(Cl)c3)o2)cc1OC. The number of anilines is 2. The molecule has 3 heterocycles. The Balaban J connectivity index is 1.58. The second kappa shape index (κ2) is 10.8. The van der Waals surface area contributed by atoms with E-state index in [1.54, 1.807) is 20.2 Å². The van der Waals surface area contributed by atoms with E-state index in [9.17, 15) is 4.79 Å². The summed E-state index contributed by atoms with van der Waals surface area (Å²) in [6.45, 7) is 3.77. The zero-order valence-electron chi connectivity index (χ0n) is 21.2. The standard InChI is InChI=1S/C29H27ClN4O3S/c1-4-26(35)32-21-11-10-19(16-25(21)36-3)34-28(27(33-29(34)38)22-7-5-6-14-31-22)24-13-12-23(37-24)18-9-8-17(2)20(30)15-18/h5-16,27-28H,4H2,1-3H3,(H,32,35)(H,33,38)/t27-,28-/m1/s1. The van der Waals surface area contributed by atoms with Crippen molar-refractivity contribution in [2.45, 2.75) is 32.4 Å². The fraction of sp³-hybridized carbons (Fsp3) is 0.207. The molecule has 2 aromatic carbocycles. The fourth-order valence-corrected chi connectivity index (χ4v) is 5.03. The van der Waals surface area contributed by atoms with Crippen LogP contribution in [0.5, 0.6) is 5.75 Å². The number of pyridine rings is 1. The van der Waals surface area contributed by atoms with Gasteiger partial charge in [0, 0.05) is 35.0 Å². The van der Waals surface area contributed by atoms with Crippen molar-refractivity contribution in [3.63, 3.8) is 0 Å². The molecule has 2 aromatic heterocycles. The molecule has 0 spiro atoms. The Labute approximate surface area is 231 Å². The number of amides is 1. The zero-order valence-corrected chi connectivity index (χ0v) is 22.8. The van der Waals surface area contributed by atoms with Gasteiger partial charge in [-0.2, -0.15) is 0 Å². The molecule has 4 aromatic rings. The van der Waals surface area contributed by atoms with Gasteiger partial charge in [-0.25, -0.2) is 0 Å². The lowest BCUT2D eigenvalue weighted by molar-refractivity contribution is -0.115. The lowest BCUT2D eigenvalue weighted by atomic mass is 10.0. The minimum atomic E-state index is -0.340. The summed E-state index contributed by atoms with van der Waals surface area (Å²) in [5, 5.41) is 7.51. The Morgan fingerprint density at radius 3 is 2.74 bits per heavy atom. The Bertz CT molecular complexity index is 1490. The summed E-state index contributed by atoms with van der Waals surface area (Å²) in [5.74, 6) is 1.85. The second-order valence-corrected chi connectivity index (χ2v) is 9.74. The molecule has 2 atom stereocenters. The van der Waals surface area contributed by atoms with Gasteiger partial charge < -0.3 is 24.7 Å². The zero-order chi connectivity index (χ0) is 26.8. The summed E-state index contributed by atoms with van der Waals surface area (Å²) >= 11 is 12.2. The van der Waals surface area contributed by atoms with Crippen LogP contribution in [0.4, 0.5) is 11.4 Å². The first-order valence-corrected chi connectivity index (χ1v) is 13.0. The molecule has 5 rings (SSSR count). The number of hydrogen-bond donors (Lipinski definition) is 2. The van der Waals surface area contributed by atoms with E-state index in [-0.39, 0.29) is 18.0 Å². The maximum absolute atomic E-state index is 12.0. The number of aromatic nitrogens is 1. The lowest BCUT2D eigenvalue weighted by Gasteiger charge is -2.27. The van der Waals surface area contributed by atoms with Crippen LogP contribution < -0.4 is 20.3 Å². The third-order valence-electron chi connectivity index (χ3n) is 6.53. The first-order chi connectivity index (χ1) is 18.4. The van der Waals surface area contributed by atoms with Crippen molar-refractivity contribution in [1.82, 2.24) is 10.3 Å². The molecule has 194 valence electrons. The van der Waals surface area contributed by atoms with Crippen LogP contribution in [0.15, 0.2) is 77.3 Å². The van der Waals surface area contributed by atoms with Crippen molar-refractivity contribution < 1.29 is 13.9 Å². The van der Waals surface area contributed by atoms with Crippen molar-refractivity contribution in [1.29, 1.82) is 0 Å². The summed E-state index contributed by atoms with van der Waals surface area (Å²) in [7, 11) is 1.57. The van der Waals surface area contributed by atoms with Gasteiger partial charge in [-0.05, 0) is 67.2 Å². The van der Waals surface area contributed by atoms with E-state index in [1.165, 1.54) is 0 Å². The number of ether oxygens (including phenoxy) is 1. The van der Waals surface area contributed by atoms with Crippen molar-refractivity contribution >= 4 is 46.2 Å². The van der Waals surface area contributed by atoms with Gasteiger partial charge >= 0.3 is 0 Å². The second-order valence-electron chi connectivity index (χ2n) is 8.95. The molecule has 0 aliphatic carbocycles. The van der Waals surface area contributed by atoms with Crippen molar-refractivity contribution in [2.24, 2.45) is 0 Å². The van der Waals surface area contributed by atoms with E-state index >= 15 is 0 Å². The predicted octanol–water partition coefficient (Wildman–Crippen LogP) is 6.84. The number of carbonyl (C=O) groups is 1. The van der Waals surface area contributed by atoms with Crippen molar-refractivity contribution in [2.75, 3.05) is 17.3 Å². The van der Waals surface area contributed by atoms with Crippen LogP contribution in [-0.4, -0.2) is 23.1 Å². The number of nitrogens with zero attached hydrogens (tertiary/aromatic N) is 2. The number of furan rings is 1. The molecule has 1 amide bonds. The van der Waals surface area contributed by atoms with Gasteiger partial charge in [0.15, 0.2) is 5.11 Å². The molecule has 1 saturated heterocycles. The van der Waals surface area contributed by atoms with E-state index < -0.39 is 0 Å². The molecule has 9 heteroatoms. The van der Waals surface area contributed by atoms with E-state index in [0.717, 1.165) is 22.5 Å². The monoisotopic (exact) mass is 546 g/mol. The molecule has 2 N–H and O–H groups in total. The van der Waals surface area contributed by atoms with Crippen molar-refractivity contribution in [3.05, 3.63) is 95.0 Å². The van der Waals surface area contributed by atoms with Crippen molar-refractivity contribution in [3.8, 4) is 17.1 Å². The number of halogens is 1. The van der Waals surface area contributed by atoms with Gasteiger partial charge in [-0.1, -0.05) is 36.7 Å². The number of aryl methyl sites for hydroxylation is 1. The summed E-state index contributed by atoms with van der Waals surface area (Å²) in [6, 6.07) is 20.5. The topological polar surface area (TPSA) is 79.6 Å². The molecule has 1 aliphatic heterocycles. The summed E-state index contributed by atoms with van der Waals surface area (Å²) < 4.78 is 12.0. The minimum Gasteiger partial charge on any atom is -0.494 e. The Kier molecular flexibility index (Phi) is 7.35. The van der Waals surface area contributed by atoms with E-state index in [0.29, 0.717) is 39.5 Å². The van der Waals surface area contributed by atoms with E-state index in [2.05, 4.69) is 15.6 Å². The average Bonchev–Trinajstić information content (AvgIpc) is 3.55. The van der Waals surface area contributed by atoms with E-state index in [1.807, 2.05) is 78.6 Å². The van der Waals surface area contributed by atoms with E-state index in [4.69, 9.17) is 33.0 Å². The maximum atomic E-state index is 12.0. The van der Waals surface area contributed by atoms with Gasteiger partial charge in [0.25, 0.3) is 0 Å². The highest BCUT2D eigenvalue weighted by Gasteiger charge is 2.42. The molecule has 0 radical (unpaired) electrons. The first-order valence-electron chi connectivity index (χ1n) is 12.2. The molecule has 7 nitrogen and oxygen atoms in total. The number of nitrogens with one attached hydrogen (secondary N) is 2. The third-order valence-corrected chi connectivity index (χ3v) is 7.25. The molecular weight excluding hydrogens is 520 g/mol. The molecule has 0 saturated carbocycles. The smallest absolute Gasteiger partial charge is 0.224 e. The van der Waals surface area contributed by atoms with Crippen LogP contribution >= 0.6 is 23.8 Å². The maximum Gasteiger partial charge on any atom is 0.224 e. The Morgan fingerprint density at radius 2 is 2.03 bits per heavy atom. The Hall–Kier alpha value is -3.88. The van der Waals surface area contributed by atoms with Gasteiger partial charge in [-0.3, -0.25) is 9.78 Å². The van der Waals surface area contributed by atoms with Crippen LogP contribution in [-0.2, 0) is 4.79 Å². The molecule has 38 heavy (non-hydrogen) atoms. The van der Waals surface area contributed by atoms with Crippen LogP contribution in [0.25, 0.3) is 11.3 Å². The number of hydrogen-bond acceptors (Lipinski definition) is 5. The van der Waals surface area contributed by atoms with Crippen LogP contribution in [0.2, 0.25) is 5.02 Å². The average molecular weight is 547 g/mol. The molecule has 1 aliphatic rings. The normalized spacial score (nSPS) is 16.8. The highest BCUT2D eigenvalue weighted by Crippen LogP contribution is 2.44. The number of rotatable bonds is 7. The third kappa shape index (κ3) is 4.97. The molecule has 0 unspecified atom stereocenters. The first kappa shape index (κ1) is 25.8. The number of benzene rings is 2. The van der Waals surface area contributed by atoms with Gasteiger partial charge in [-0.15, -0.1) is 0 Å². The van der Waals surface area contributed by atoms with Gasteiger partial charge in [0.1, 0.15) is 23.3 Å². The minimum absolute atomic E-state index is 0.0955. The highest BCUT2D eigenvalue weighted by atomic mass is 35.5. The fourth-order valence-electron chi connectivity index (χ4n) is 4.51. The predicted molar refractivity (Wildman–Crippen MR) is 154 cm³/mol. The number of thiocarbonyl (C=S) groups is 1. The number of carbonyl (C=O) groups excluding carboxylic acids is 1. The highest BCUT2D eigenvalue weighted by molar-refractivity contribution is 7.80. The van der Waals surface area contributed by atoms with Crippen LogP contribution in [0, 0.1) is 6.92 Å². The largest absolute Gasteiger partial charge is 0.494 e. The molecular formula is C29H27ClN4O3S.